The first kappa shape index (κ1) is 8.00. The molecule has 0 heterocycles. The van der Waals surface area contributed by atoms with Gasteiger partial charge in [-0.05, 0) is 0 Å². The van der Waals surface area contributed by atoms with Crippen LogP contribution in [-0.4, -0.2) is 13.1 Å². The van der Waals surface area contributed by atoms with Crippen LogP contribution in [0.5, 0.6) is 0 Å². The highest BCUT2D eigenvalue weighted by atomic mass is 19.3. The van der Waals surface area contributed by atoms with Gasteiger partial charge < -0.3 is 4.74 Å². The number of halogens is 3. The van der Waals surface area contributed by atoms with Crippen LogP contribution >= 0.6 is 0 Å². The molecule has 0 atom stereocenters. The van der Waals surface area contributed by atoms with E-state index in [-0.39, 0.29) is 0 Å². The van der Waals surface area contributed by atoms with Gasteiger partial charge in [0.1, 0.15) is 0 Å². The maximum Gasteiger partial charge on any atom is 0.372 e. The zero-order chi connectivity index (χ0) is 7.44. The SMILES string of the molecule is COC(=O)C(F)=C(F)F. The molecule has 0 bridgehead atoms. The summed E-state index contributed by atoms with van der Waals surface area (Å²) in [5, 5.41) is 0. The van der Waals surface area contributed by atoms with E-state index in [9.17, 15) is 18.0 Å². The second kappa shape index (κ2) is 3.11. The van der Waals surface area contributed by atoms with Crippen molar-refractivity contribution in [1.82, 2.24) is 0 Å². The third-order valence-electron chi connectivity index (χ3n) is 0.531. The van der Waals surface area contributed by atoms with E-state index >= 15 is 0 Å². The molecule has 9 heavy (non-hydrogen) atoms. The maximum atomic E-state index is 11.6. The lowest BCUT2D eigenvalue weighted by molar-refractivity contribution is -0.138. The van der Waals surface area contributed by atoms with Gasteiger partial charge >= 0.3 is 12.0 Å². The molecule has 0 unspecified atom stereocenters. The number of carbonyl (C=O) groups is 1. The van der Waals surface area contributed by atoms with E-state index in [4.69, 9.17) is 0 Å². The fourth-order valence-electron chi connectivity index (χ4n) is 0.167. The van der Waals surface area contributed by atoms with Crippen LogP contribution in [0.1, 0.15) is 0 Å². The molecule has 0 fully saturated rings. The highest BCUT2D eigenvalue weighted by Gasteiger charge is 2.14. The van der Waals surface area contributed by atoms with Crippen LogP contribution in [0.25, 0.3) is 0 Å². The number of hydrogen-bond acceptors (Lipinski definition) is 2. The molecule has 0 aromatic carbocycles. The van der Waals surface area contributed by atoms with E-state index in [1.807, 2.05) is 0 Å². The standard InChI is InChI=1S/C4H3F3O2/c1-9-4(8)2(5)3(6)7/h1H3. The molecule has 0 spiro atoms. The second-order valence-electron chi connectivity index (χ2n) is 1.07. The molecule has 52 valence electrons. The Bertz CT molecular complexity index is 148. The number of rotatable bonds is 1. The fraction of sp³-hybridized carbons (Fsp3) is 0.250. The van der Waals surface area contributed by atoms with Crippen molar-refractivity contribution in [3.63, 3.8) is 0 Å². The van der Waals surface area contributed by atoms with Crippen LogP contribution in [-0.2, 0) is 9.53 Å². The molecule has 0 aliphatic rings. The van der Waals surface area contributed by atoms with Crippen LogP contribution in [0.15, 0.2) is 11.9 Å². The van der Waals surface area contributed by atoms with E-state index in [1.165, 1.54) is 0 Å². The van der Waals surface area contributed by atoms with Gasteiger partial charge in [-0.15, -0.1) is 0 Å². The lowest BCUT2D eigenvalue weighted by Crippen LogP contribution is -2.00. The van der Waals surface area contributed by atoms with Gasteiger partial charge in [0, 0.05) is 0 Å². The normalized spacial score (nSPS) is 8.44. The summed E-state index contributed by atoms with van der Waals surface area (Å²) in [6.07, 6.45) is -2.66. The summed E-state index contributed by atoms with van der Waals surface area (Å²) >= 11 is 0. The zero-order valence-corrected chi connectivity index (χ0v) is 4.45. The maximum absolute atomic E-state index is 11.6. The van der Waals surface area contributed by atoms with Crippen molar-refractivity contribution in [2.45, 2.75) is 0 Å². The Hall–Kier alpha value is -1.00. The van der Waals surface area contributed by atoms with Crippen LogP contribution in [0.4, 0.5) is 13.2 Å². The summed E-state index contributed by atoms with van der Waals surface area (Å²) in [5.41, 5.74) is 0. The summed E-state index contributed by atoms with van der Waals surface area (Å²) in [4.78, 5) is 9.82. The molecule has 5 heteroatoms. The molecule has 0 amide bonds. The lowest BCUT2D eigenvalue weighted by Gasteiger charge is -1.90. The van der Waals surface area contributed by atoms with Gasteiger partial charge in [0.2, 0.25) is 0 Å². The Labute approximate surface area is 48.9 Å². The molecule has 0 saturated carbocycles. The second-order valence-corrected chi connectivity index (χ2v) is 1.07. The number of methoxy groups -OCH3 is 1. The molecule has 0 rings (SSSR count). The smallest absolute Gasteiger partial charge is 0.372 e. The number of ether oxygens (including phenoxy) is 1. The summed E-state index contributed by atoms with van der Waals surface area (Å²) in [6, 6.07) is 0. The summed E-state index contributed by atoms with van der Waals surface area (Å²) in [5.74, 6) is -3.80. The number of carbonyl (C=O) groups excluding carboxylic acids is 1. The molecule has 2 nitrogen and oxygen atoms in total. The average molecular weight is 140 g/mol. The minimum Gasteiger partial charge on any atom is -0.464 e. The Morgan fingerprint density at radius 3 is 1.89 bits per heavy atom. The molecular formula is C4H3F3O2. The molecular weight excluding hydrogens is 137 g/mol. The van der Waals surface area contributed by atoms with Gasteiger partial charge in [-0.25, -0.2) is 4.79 Å². The monoisotopic (exact) mass is 140 g/mol. The minimum atomic E-state index is -2.66. The number of hydrogen-bond donors (Lipinski definition) is 0. The highest BCUT2D eigenvalue weighted by molar-refractivity contribution is 5.85. The fourth-order valence-corrected chi connectivity index (χ4v) is 0.167. The van der Waals surface area contributed by atoms with Crippen molar-refractivity contribution < 1.29 is 22.7 Å². The first-order valence-corrected chi connectivity index (χ1v) is 1.88. The van der Waals surface area contributed by atoms with E-state index in [0.29, 0.717) is 0 Å². The van der Waals surface area contributed by atoms with Gasteiger partial charge in [-0.1, -0.05) is 0 Å². The zero-order valence-electron chi connectivity index (χ0n) is 4.45. The van der Waals surface area contributed by atoms with Crippen molar-refractivity contribution in [2.24, 2.45) is 0 Å². The molecule has 0 aromatic rings. The molecule has 0 radical (unpaired) electrons. The molecule has 0 aromatic heterocycles. The average Bonchev–Trinajstić information content (AvgIpc) is 1.84. The van der Waals surface area contributed by atoms with Crippen LogP contribution in [0, 0.1) is 0 Å². The summed E-state index contributed by atoms with van der Waals surface area (Å²) in [7, 11) is 0.810. The van der Waals surface area contributed by atoms with Crippen LogP contribution in [0.3, 0.4) is 0 Å². The van der Waals surface area contributed by atoms with Gasteiger partial charge in [-0.3, -0.25) is 0 Å². The first-order chi connectivity index (χ1) is 4.09. The van der Waals surface area contributed by atoms with E-state index < -0.39 is 17.9 Å². The van der Waals surface area contributed by atoms with Gasteiger partial charge in [0.15, 0.2) is 0 Å². The highest BCUT2D eigenvalue weighted by Crippen LogP contribution is 2.09. The topological polar surface area (TPSA) is 26.3 Å². The Kier molecular flexibility index (Phi) is 2.77. The Morgan fingerprint density at radius 2 is 1.78 bits per heavy atom. The molecule has 0 N–H and O–H groups in total. The van der Waals surface area contributed by atoms with Gasteiger partial charge in [-0.2, -0.15) is 13.2 Å². The lowest BCUT2D eigenvalue weighted by atomic mass is 10.6. The van der Waals surface area contributed by atoms with Crippen molar-refractivity contribution in [1.29, 1.82) is 0 Å². The van der Waals surface area contributed by atoms with Crippen molar-refractivity contribution >= 4 is 5.97 Å². The van der Waals surface area contributed by atoms with Crippen molar-refractivity contribution in [3.8, 4) is 0 Å². The van der Waals surface area contributed by atoms with Gasteiger partial charge in [0.05, 0.1) is 7.11 Å². The van der Waals surface area contributed by atoms with E-state index in [0.717, 1.165) is 7.11 Å². The molecule has 0 saturated heterocycles. The van der Waals surface area contributed by atoms with Crippen molar-refractivity contribution in [3.05, 3.63) is 11.9 Å². The summed E-state index contributed by atoms with van der Waals surface area (Å²) in [6.45, 7) is 0. The predicted molar refractivity (Wildman–Crippen MR) is 22.4 cm³/mol. The van der Waals surface area contributed by atoms with Crippen molar-refractivity contribution in [2.75, 3.05) is 7.11 Å². The van der Waals surface area contributed by atoms with E-state index in [1.54, 1.807) is 0 Å². The summed E-state index contributed by atoms with van der Waals surface area (Å²) < 4.78 is 37.3. The number of esters is 1. The quantitative estimate of drug-likeness (QED) is 0.404. The Morgan fingerprint density at radius 1 is 1.33 bits per heavy atom. The molecule has 0 aliphatic heterocycles. The minimum absolute atomic E-state index is 0.810. The Balaban J connectivity index is 4.21. The van der Waals surface area contributed by atoms with Gasteiger partial charge in [0.25, 0.3) is 5.83 Å². The predicted octanol–water partition coefficient (Wildman–Crippen LogP) is 1.24. The van der Waals surface area contributed by atoms with E-state index in [2.05, 4.69) is 4.74 Å². The molecule has 0 aliphatic carbocycles. The van der Waals surface area contributed by atoms with Crippen LogP contribution in [0.2, 0.25) is 0 Å². The van der Waals surface area contributed by atoms with Crippen LogP contribution < -0.4 is 0 Å². The third-order valence-corrected chi connectivity index (χ3v) is 0.531. The third kappa shape index (κ3) is 2.16. The largest absolute Gasteiger partial charge is 0.464 e. The first-order valence-electron chi connectivity index (χ1n) is 1.88.